The normalized spacial score (nSPS) is 15.8. The Labute approximate surface area is 85.5 Å². The van der Waals surface area contributed by atoms with Crippen molar-refractivity contribution in [3.8, 4) is 0 Å². The molecule has 0 aromatic carbocycles. The molecule has 0 unspecified atom stereocenters. The van der Waals surface area contributed by atoms with E-state index in [9.17, 15) is 4.79 Å². The molecule has 0 N–H and O–H groups in total. The van der Waals surface area contributed by atoms with Crippen LogP contribution in [0.15, 0.2) is 41.5 Å². The van der Waals surface area contributed by atoms with Crippen LogP contribution in [0.3, 0.4) is 0 Å². The van der Waals surface area contributed by atoms with Crippen LogP contribution >= 0.6 is 0 Å². The van der Waals surface area contributed by atoms with Crippen LogP contribution < -0.4 is 0 Å². The minimum Gasteiger partial charge on any atom is -0.233 e. The van der Waals surface area contributed by atoms with Crippen LogP contribution in [0.2, 0.25) is 0 Å². The molecule has 1 nitrogen and oxygen atoms in total. The fraction of sp³-hybridized carbons (Fsp3) is 0.385. The Morgan fingerprint density at radius 1 is 1.50 bits per heavy atom. The molecule has 1 rings (SSSR count). The molecule has 0 spiro atoms. The highest BCUT2D eigenvalue weighted by Crippen LogP contribution is 2.17. The molecule has 1 aliphatic rings. The number of unbranched alkanes of at least 4 members (excludes halogenated alkanes) is 1. The molecule has 0 amide bonds. The average Bonchev–Trinajstić information content (AvgIpc) is 2.25. The summed E-state index contributed by atoms with van der Waals surface area (Å²) in [5.41, 5.74) is 2.09. The summed E-state index contributed by atoms with van der Waals surface area (Å²) in [6.07, 6.45) is 14.5. The molecule has 0 atom stereocenters. The molecule has 14 heavy (non-hydrogen) atoms. The SMILES string of the molecule is C/C=C/CCCC1=CCC(=C=O)C=C1. The van der Waals surface area contributed by atoms with Crippen molar-refractivity contribution in [2.75, 3.05) is 0 Å². The first-order chi connectivity index (χ1) is 6.86. The minimum atomic E-state index is 0.749. The Morgan fingerprint density at radius 2 is 2.36 bits per heavy atom. The number of carbonyl (C=O) groups excluding carboxylic acids is 1. The van der Waals surface area contributed by atoms with E-state index in [0.717, 1.165) is 24.8 Å². The van der Waals surface area contributed by atoms with Crippen molar-refractivity contribution in [2.45, 2.75) is 32.6 Å². The second-order valence-electron chi connectivity index (χ2n) is 3.41. The third kappa shape index (κ3) is 3.59. The van der Waals surface area contributed by atoms with Crippen molar-refractivity contribution in [1.82, 2.24) is 0 Å². The van der Waals surface area contributed by atoms with Gasteiger partial charge in [0.1, 0.15) is 5.94 Å². The van der Waals surface area contributed by atoms with E-state index in [1.807, 2.05) is 25.0 Å². The zero-order valence-electron chi connectivity index (χ0n) is 8.62. The van der Waals surface area contributed by atoms with Gasteiger partial charge in [-0.2, -0.15) is 0 Å². The molecular formula is C13H16O. The van der Waals surface area contributed by atoms with Gasteiger partial charge in [0.15, 0.2) is 0 Å². The smallest absolute Gasteiger partial charge is 0.128 e. The Balaban J connectivity index is 2.31. The molecule has 0 fully saturated rings. The second-order valence-corrected chi connectivity index (χ2v) is 3.41. The topological polar surface area (TPSA) is 17.1 Å². The third-order valence-electron chi connectivity index (χ3n) is 2.29. The number of hydrogen-bond donors (Lipinski definition) is 0. The fourth-order valence-corrected chi connectivity index (χ4v) is 1.44. The van der Waals surface area contributed by atoms with Crippen LogP contribution in [0.4, 0.5) is 0 Å². The number of hydrogen-bond acceptors (Lipinski definition) is 1. The zero-order chi connectivity index (χ0) is 10.2. The van der Waals surface area contributed by atoms with Crippen LogP contribution in [0.25, 0.3) is 0 Å². The van der Waals surface area contributed by atoms with Crippen molar-refractivity contribution in [3.05, 3.63) is 41.5 Å². The first-order valence-corrected chi connectivity index (χ1v) is 5.09. The van der Waals surface area contributed by atoms with Crippen LogP contribution in [-0.2, 0) is 4.79 Å². The van der Waals surface area contributed by atoms with E-state index in [1.54, 1.807) is 0 Å². The Bertz CT molecular complexity index is 312. The van der Waals surface area contributed by atoms with Crippen LogP contribution in [0, 0.1) is 0 Å². The first kappa shape index (κ1) is 10.7. The minimum absolute atomic E-state index is 0.749. The summed E-state index contributed by atoms with van der Waals surface area (Å²) in [6, 6.07) is 0. The van der Waals surface area contributed by atoms with Crippen molar-refractivity contribution < 1.29 is 4.79 Å². The second kappa shape index (κ2) is 6.17. The molecule has 0 aromatic rings. The maximum atomic E-state index is 10.3. The van der Waals surface area contributed by atoms with Gasteiger partial charge >= 0.3 is 0 Å². The predicted octanol–water partition coefficient (Wildman–Crippen LogP) is 3.38. The van der Waals surface area contributed by atoms with Gasteiger partial charge in [-0.1, -0.05) is 29.9 Å². The van der Waals surface area contributed by atoms with E-state index in [2.05, 4.69) is 18.2 Å². The van der Waals surface area contributed by atoms with E-state index >= 15 is 0 Å². The van der Waals surface area contributed by atoms with Gasteiger partial charge in [-0.25, -0.2) is 4.79 Å². The standard InChI is InChI=1S/C13H16O/c1-2-3-4-5-6-12-7-9-13(11-14)10-8-12/h2-3,7-9H,4-6,10H2,1H3/b3-2+. The average molecular weight is 188 g/mol. The van der Waals surface area contributed by atoms with Gasteiger partial charge in [-0.15, -0.1) is 0 Å². The van der Waals surface area contributed by atoms with Crippen LogP contribution in [-0.4, -0.2) is 5.94 Å². The highest BCUT2D eigenvalue weighted by Gasteiger charge is 2.00. The highest BCUT2D eigenvalue weighted by molar-refractivity contribution is 5.59. The van der Waals surface area contributed by atoms with Gasteiger partial charge in [0.25, 0.3) is 0 Å². The van der Waals surface area contributed by atoms with Crippen molar-refractivity contribution in [3.63, 3.8) is 0 Å². The molecular weight excluding hydrogens is 172 g/mol. The monoisotopic (exact) mass is 188 g/mol. The molecule has 0 aromatic heterocycles. The third-order valence-corrected chi connectivity index (χ3v) is 2.29. The Kier molecular flexibility index (Phi) is 4.74. The van der Waals surface area contributed by atoms with Gasteiger partial charge in [0, 0.05) is 12.0 Å². The first-order valence-electron chi connectivity index (χ1n) is 5.09. The predicted molar refractivity (Wildman–Crippen MR) is 59.7 cm³/mol. The Hall–Kier alpha value is -1.33. The fourth-order valence-electron chi connectivity index (χ4n) is 1.44. The summed E-state index contributed by atoms with van der Waals surface area (Å²) in [4.78, 5) is 10.3. The van der Waals surface area contributed by atoms with Crippen LogP contribution in [0.5, 0.6) is 0 Å². The lowest BCUT2D eigenvalue weighted by atomic mass is 9.99. The van der Waals surface area contributed by atoms with Crippen molar-refractivity contribution >= 4 is 5.94 Å². The number of allylic oxidation sites excluding steroid dienone is 7. The molecule has 74 valence electrons. The molecule has 0 heterocycles. The maximum absolute atomic E-state index is 10.3. The summed E-state index contributed by atoms with van der Waals surface area (Å²) >= 11 is 0. The lowest BCUT2D eigenvalue weighted by Crippen LogP contribution is -1.88. The van der Waals surface area contributed by atoms with Gasteiger partial charge < -0.3 is 0 Å². The van der Waals surface area contributed by atoms with Crippen molar-refractivity contribution in [1.29, 1.82) is 0 Å². The van der Waals surface area contributed by atoms with Gasteiger partial charge in [-0.3, -0.25) is 0 Å². The summed E-state index contributed by atoms with van der Waals surface area (Å²) in [7, 11) is 0. The molecule has 0 bridgehead atoms. The summed E-state index contributed by atoms with van der Waals surface area (Å²) in [5.74, 6) is 1.92. The largest absolute Gasteiger partial charge is 0.233 e. The zero-order valence-corrected chi connectivity index (χ0v) is 8.62. The van der Waals surface area contributed by atoms with E-state index in [1.165, 1.54) is 12.0 Å². The molecule has 1 heteroatoms. The lowest BCUT2D eigenvalue weighted by Gasteiger charge is -2.05. The van der Waals surface area contributed by atoms with E-state index in [-0.39, 0.29) is 0 Å². The van der Waals surface area contributed by atoms with Gasteiger partial charge in [0.2, 0.25) is 0 Å². The molecule has 1 aliphatic carbocycles. The molecule has 0 aliphatic heterocycles. The van der Waals surface area contributed by atoms with Crippen LogP contribution in [0.1, 0.15) is 32.6 Å². The Morgan fingerprint density at radius 3 is 2.93 bits per heavy atom. The molecule has 0 saturated carbocycles. The number of rotatable bonds is 4. The molecule has 0 saturated heterocycles. The molecule has 0 radical (unpaired) electrons. The van der Waals surface area contributed by atoms with Gasteiger partial charge in [-0.05, 0) is 32.3 Å². The summed E-state index contributed by atoms with van der Waals surface area (Å²) in [6.45, 7) is 2.04. The maximum Gasteiger partial charge on any atom is 0.128 e. The highest BCUT2D eigenvalue weighted by atomic mass is 16.1. The summed E-state index contributed by atoms with van der Waals surface area (Å²) < 4.78 is 0. The van der Waals surface area contributed by atoms with E-state index < -0.39 is 0 Å². The summed E-state index contributed by atoms with van der Waals surface area (Å²) in [5, 5.41) is 0. The van der Waals surface area contributed by atoms with Crippen molar-refractivity contribution in [2.24, 2.45) is 0 Å². The van der Waals surface area contributed by atoms with E-state index in [4.69, 9.17) is 0 Å². The van der Waals surface area contributed by atoms with Gasteiger partial charge in [0.05, 0.1) is 0 Å². The van der Waals surface area contributed by atoms with E-state index in [0.29, 0.717) is 0 Å². The lowest BCUT2D eigenvalue weighted by molar-refractivity contribution is 0.567. The quantitative estimate of drug-likeness (QED) is 0.375.